The summed E-state index contributed by atoms with van der Waals surface area (Å²) >= 11 is 0. The molecule has 2 saturated heterocycles. The molecule has 2 atom stereocenters. The highest BCUT2D eigenvalue weighted by atomic mass is 16.1. The van der Waals surface area contributed by atoms with Crippen LogP contribution in [0.25, 0.3) is 0 Å². The van der Waals surface area contributed by atoms with E-state index in [0.29, 0.717) is 24.4 Å². The third-order valence-corrected chi connectivity index (χ3v) is 4.53. The fraction of sp³-hybridized carbons (Fsp3) is 0.625. The molecular formula is C16H24N4O. The molecule has 2 fully saturated rings. The largest absolute Gasteiger partial charge is 0.363 e. The van der Waals surface area contributed by atoms with Crippen molar-refractivity contribution >= 4 is 17.4 Å². The van der Waals surface area contributed by atoms with Crippen LogP contribution in [0.4, 0.5) is 11.5 Å². The number of hydrogen-bond donors (Lipinski definition) is 2. The second-order valence-corrected chi connectivity index (χ2v) is 6.53. The molecule has 2 unspecified atom stereocenters. The van der Waals surface area contributed by atoms with Crippen molar-refractivity contribution in [3.8, 4) is 0 Å². The summed E-state index contributed by atoms with van der Waals surface area (Å²) in [5.74, 6) is 1.53. The van der Waals surface area contributed by atoms with Gasteiger partial charge < -0.3 is 15.5 Å². The molecular weight excluding hydrogens is 264 g/mol. The van der Waals surface area contributed by atoms with Gasteiger partial charge in [0.05, 0.1) is 11.9 Å². The lowest BCUT2D eigenvalue weighted by atomic mass is 9.89. The maximum absolute atomic E-state index is 12.2. The fourth-order valence-corrected chi connectivity index (χ4v) is 3.54. The van der Waals surface area contributed by atoms with Gasteiger partial charge in [-0.25, -0.2) is 4.98 Å². The molecule has 0 spiro atoms. The Bertz CT molecular complexity index is 488. The number of piperidine rings is 1. The van der Waals surface area contributed by atoms with Gasteiger partial charge in [0.2, 0.25) is 5.91 Å². The van der Waals surface area contributed by atoms with Crippen LogP contribution < -0.4 is 15.5 Å². The topological polar surface area (TPSA) is 57.3 Å². The molecule has 1 aromatic heterocycles. The first-order chi connectivity index (χ1) is 10.1. The zero-order valence-corrected chi connectivity index (χ0v) is 12.8. The zero-order chi connectivity index (χ0) is 14.8. The molecule has 1 aromatic rings. The Morgan fingerprint density at radius 2 is 2.05 bits per heavy atom. The average molecular weight is 288 g/mol. The van der Waals surface area contributed by atoms with E-state index >= 15 is 0 Å². The van der Waals surface area contributed by atoms with Gasteiger partial charge in [0.25, 0.3) is 0 Å². The van der Waals surface area contributed by atoms with Crippen LogP contribution in [0.5, 0.6) is 0 Å². The molecule has 2 aliphatic heterocycles. The van der Waals surface area contributed by atoms with Crippen LogP contribution in [-0.4, -0.2) is 37.1 Å². The predicted molar refractivity (Wildman–Crippen MR) is 84.5 cm³/mol. The van der Waals surface area contributed by atoms with Gasteiger partial charge in [-0.1, -0.05) is 0 Å². The molecule has 114 valence electrons. The molecule has 2 aliphatic rings. The van der Waals surface area contributed by atoms with Crippen molar-refractivity contribution in [1.29, 1.82) is 0 Å². The molecule has 0 aliphatic carbocycles. The number of hydrogen-bond acceptors (Lipinski definition) is 4. The lowest BCUT2D eigenvalue weighted by molar-refractivity contribution is -0.117. The average Bonchev–Trinajstić information content (AvgIpc) is 2.78. The highest BCUT2D eigenvalue weighted by molar-refractivity contribution is 5.90. The summed E-state index contributed by atoms with van der Waals surface area (Å²) in [7, 11) is 3.90. The zero-order valence-electron chi connectivity index (χ0n) is 12.8. The van der Waals surface area contributed by atoms with E-state index in [1.165, 1.54) is 12.8 Å². The normalized spacial score (nSPS) is 27.4. The van der Waals surface area contributed by atoms with E-state index in [1.807, 2.05) is 31.1 Å². The predicted octanol–water partition coefficient (Wildman–Crippen LogP) is 2.01. The first-order valence-corrected chi connectivity index (χ1v) is 7.79. The Morgan fingerprint density at radius 3 is 2.62 bits per heavy atom. The van der Waals surface area contributed by atoms with Crippen LogP contribution in [0.15, 0.2) is 18.3 Å². The molecule has 3 rings (SSSR count). The Labute approximate surface area is 126 Å². The second kappa shape index (κ2) is 6.02. The highest BCUT2D eigenvalue weighted by Gasteiger charge is 2.34. The number of fused-ring (bicyclic) bond motifs is 2. The molecule has 0 aromatic carbocycles. The van der Waals surface area contributed by atoms with Crippen LogP contribution in [0.2, 0.25) is 0 Å². The van der Waals surface area contributed by atoms with Crippen molar-refractivity contribution in [3.05, 3.63) is 18.3 Å². The van der Waals surface area contributed by atoms with E-state index in [1.54, 1.807) is 6.20 Å². The van der Waals surface area contributed by atoms with Gasteiger partial charge >= 0.3 is 0 Å². The van der Waals surface area contributed by atoms with E-state index in [9.17, 15) is 4.79 Å². The van der Waals surface area contributed by atoms with E-state index in [4.69, 9.17) is 0 Å². The number of carbonyl (C=O) groups is 1. The second-order valence-electron chi connectivity index (χ2n) is 6.53. The van der Waals surface area contributed by atoms with Crippen molar-refractivity contribution in [3.63, 3.8) is 0 Å². The molecule has 5 nitrogen and oxygen atoms in total. The van der Waals surface area contributed by atoms with Gasteiger partial charge in [-0.3, -0.25) is 4.79 Å². The van der Waals surface area contributed by atoms with Gasteiger partial charge in [0.1, 0.15) is 5.82 Å². The van der Waals surface area contributed by atoms with Gasteiger partial charge in [-0.15, -0.1) is 0 Å². The number of amides is 1. The third kappa shape index (κ3) is 3.53. The summed E-state index contributed by atoms with van der Waals surface area (Å²) in [5, 5.41) is 6.58. The van der Waals surface area contributed by atoms with Crippen molar-refractivity contribution < 1.29 is 4.79 Å². The van der Waals surface area contributed by atoms with Crippen LogP contribution in [-0.2, 0) is 4.79 Å². The first kappa shape index (κ1) is 14.3. The van der Waals surface area contributed by atoms with Crippen molar-refractivity contribution in [2.75, 3.05) is 24.3 Å². The van der Waals surface area contributed by atoms with Gasteiger partial charge in [0, 0.05) is 32.6 Å². The Morgan fingerprint density at radius 1 is 1.33 bits per heavy atom. The van der Waals surface area contributed by atoms with E-state index in [-0.39, 0.29) is 5.91 Å². The maximum atomic E-state index is 12.2. The molecule has 1 amide bonds. The minimum Gasteiger partial charge on any atom is -0.363 e. The first-order valence-electron chi connectivity index (χ1n) is 7.79. The lowest BCUT2D eigenvalue weighted by Gasteiger charge is -2.28. The number of nitrogens with zero attached hydrogens (tertiary/aromatic N) is 2. The van der Waals surface area contributed by atoms with Gasteiger partial charge in [0.15, 0.2) is 0 Å². The number of rotatable bonds is 4. The fourth-order valence-electron chi connectivity index (χ4n) is 3.54. The van der Waals surface area contributed by atoms with Crippen molar-refractivity contribution in [2.24, 2.45) is 5.92 Å². The summed E-state index contributed by atoms with van der Waals surface area (Å²) < 4.78 is 0. The quantitative estimate of drug-likeness (QED) is 0.890. The third-order valence-electron chi connectivity index (χ3n) is 4.53. The van der Waals surface area contributed by atoms with E-state index in [0.717, 1.165) is 24.3 Å². The highest BCUT2D eigenvalue weighted by Crippen LogP contribution is 2.32. The molecule has 2 bridgehead atoms. The standard InChI is InChI=1S/C16H24N4O/c1-20(2)15-6-5-14(10-17-15)19-16(21)9-11-7-12-3-4-13(8-11)18-12/h5-6,10-13,18H,3-4,7-9H2,1-2H3,(H,19,21). The summed E-state index contributed by atoms with van der Waals surface area (Å²) in [6.07, 6.45) is 7.18. The summed E-state index contributed by atoms with van der Waals surface area (Å²) in [6, 6.07) is 5.11. The smallest absolute Gasteiger partial charge is 0.224 e. The number of anilines is 2. The SMILES string of the molecule is CN(C)c1ccc(NC(=O)CC2CC3CCC(C2)N3)cn1. The maximum Gasteiger partial charge on any atom is 0.224 e. The Kier molecular flexibility index (Phi) is 4.10. The minimum absolute atomic E-state index is 0.112. The number of nitrogens with one attached hydrogen (secondary N) is 2. The molecule has 2 N–H and O–H groups in total. The molecule has 21 heavy (non-hydrogen) atoms. The van der Waals surface area contributed by atoms with Gasteiger partial charge in [-0.2, -0.15) is 0 Å². The van der Waals surface area contributed by atoms with E-state index in [2.05, 4.69) is 15.6 Å². The van der Waals surface area contributed by atoms with E-state index < -0.39 is 0 Å². The molecule has 5 heteroatoms. The Hall–Kier alpha value is -1.62. The van der Waals surface area contributed by atoms with Crippen LogP contribution >= 0.6 is 0 Å². The summed E-state index contributed by atoms with van der Waals surface area (Å²) in [5.41, 5.74) is 0.780. The van der Waals surface area contributed by atoms with Crippen LogP contribution in [0.1, 0.15) is 32.1 Å². The molecule has 3 heterocycles. The number of pyridine rings is 1. The van der Waals surface area contributed by atoms with Crippen molar-refractivity contribution in [1.82, 2.24) is 10.3 Å². The molecule has 0 radical (unpaired) electrons. The monoisotopic (exact) mass is 288 g/mol. The number of carbonyl (C=O) groups excluding carboxylic acids is 1. The summed E-state index contributed by atoms with van der Waals surface area (Å²) in [4.78, 5) is 18.4. The van der Waals surface area contributed by atoms with Crippen LogP contribution in [0.3, 0.4) is 0 Å². The molecule has 0 saturated carbocycles. The van der Waals surface area contributed by atoms with Crippen molar-refractivity contribution in [2.45, 2.75) is 44.2 Å². The Balaban J connectivity index is 1.52. The van der Waals surface area contributed by atoms with Crippen LogP contribution in [0, 0.1) is 5.92 Å². The lowest BCUT2D eigenvalue weighted by Crippen LogP contribution is -2.39. The number of aromatic nitrogens is 1. The van der Waals surface area contributed by atoms with Gasteiger partial charge in [-0.05, 0) is 43.7 Å². The minimum atomic E-state index is 0.112. The summed E-state index contributed by atoms with van der Waals surface area (Å²) in [6.45, 7) is 0.